The van der Waals surface area contributed by atoms with Crippen LogP contribution in [0.4, 0.5) is 11.4 Å². The van der Waals surface area contributed by atoms with E-state index in [1.807, 2.05) is 54.6 Å². The van der Waals surface area contributed by atoms with Gasteiger partial charge in [0.05, 0.1) is 24.3 Å². The average Bonchev–Trinajstić information content (AvgIpc) is 3.37. The molecule has 6 aromatic rings. The molecule has 5 nitrogen and oxygen atoms in total. The van der Waals surface area contributed by atoms with E-state index in [1.165, 1.54) is 22.3 Å². The minimum Gasteiger partial charge on any atom is -0.462 e. The lowest BCUT2D eigenvalue weighted by atomic mass is 9.82. The number of fused-ring (bicyclic) bond motifs is 3. The first-order chi connectivity index (χ1) is 24.3. The monoisotopic (exact) mass is 657 g/mol. The van der Waals surface area contributed by atoms with Gasteiger partial charge in [-0.3, -0.25) is 0 Å². The minimum atomic E-state index is -0.454. The third-order valence-corrected chi connectivity index (χ3v) is 9.52. The fraction of sp³-hybridized carbons (Fsp3) is 0.156. The Morgan fingerprint density at radius 1 is 0.500 bits per heavy atom. The normalized spacial score (nSPS) is 12.5. The van der Waals surface area contributed by atoms with Crippen LogP contribution in [0, 0.1) is 0 Å². The van der Waals surface area contributed by atoms with Crippen LogP contribution >= 0.6 is 0 Å². The Morgan fingerprint density at radius 2 is 1.02 bits per heavy atom. The summed E-state index contributed by atoms with van der Waals surface area (Å²) >= 11 is 0. The number of rotatable bonds is 9. The molecule has 0 radical (unpaired) electrons. The number of carbonyl (C=O) groups is 2. The zero-order valence-electron chi connectivity index (χ0n) is 28.7. The Hall–Kier alpha value is -5.94. The van der Waals surface area contributed by atoms with Gasteiger partial charge in [0.1, 0.15) is 0 Å². The molecule has 0 bridgehead atoms. The molecule has 0 atom stereocenters. The molecular formula is C45H39NO4. The van der Waals surface area contributed by atoms with Crippen molar-refractivity contribution in [1.82, 2.24) is 0 Å². The van der Waals surface area contributed by atoms with Crippen LogP contribution in [0.3, 0.4) is 0 Å². The van der Waals surface area contributed by atoms with E-state index in [2.05, 4.69) is 85.9 Å². The number of nitrogens with one attached hydrogen (secondary N) is 1. The smallest absolute Gasteiger partial charge is 0.338 e. The maximum absolute atomic E-state index is 13.5. The second kappa shape index (κ2) is 13.5. The number of benzene rings is 6. The van der Waals surface area contributed by atoms with Crippen molar-refractivity contribution in [1.29, 1.82) is 0 Å². The Morgan fingerprint density at radius 3 is 1.70 bits per heavy atom. The number of hydrogen-bond acceptors (Lipinski definition) is 5. The fourth-order valence-electron chi connectivity index (χ4n) is 7.09. The summed E-state index contributed by atoms with van der Waals surface area (Å²) in [5, 5.41) is 3.60. The van der Waals surface area contributed by atoms with Crippen LogP contribution in [0.15, 0.2) is 133 Å². The molecule has 0 saturated carbocycles. The molecule has 6 aromatic carbocycles. The summed E-state index contributed by atoms with van der Waals surface area (Å²) < 4.78 is 11.0. The van der Waals surface area contributed by atoms with E-state index in [0.29, 0.717) is 22.3 Å². The predicted molar refractivity (Wildman–Crippen MR) is 202 cm³/mol. The molecule has 0 aromatic heterocycles. The predicted octanol–water partition coefficient (Wildman–Crippen LogP) is 11.1. The van der Waals surface area contributed by atoms with E-state index >= 15 is 0 Å². The second-order valence-electron chi connectivity index (χ2n) is 12.9. The molecule has 5 heteroatoms. The molecule has 0 saturated heterocycles. The first-order valence-corrected chi connectivity index (χ1v) is 17.1. The largest absolute Gasteiger partial charge is 0.462 e. The highest BCUT2D eigenvalue weighted by molar-refractivity contribution is 6.06. The van der Waals surface area contributed by atoms with Crippen molar-refractivity contribution in [3.05, 3.63) is 156 Å². The molecule has 1 aliphatic carbocycles. The van der Waals surface area contributed by atoms with Gasteiger partial charge in [0.15, 0.2) is 0 Å². The summed E-state index contributed by atoms with van der Waals surface area (Å²) in [4.78, 5) is 26.9. The topological polar surface area (TPSA) is 64.6 Å². The molecule has 0 spiro atoms. The summed E-state index contributed by atoms with van der Waals surface area (Å²) in [6, 6.07) is 44.5. The third-order valence-electron chi connectivity index (χ3n) is 9.52. The molecule has 0 amide bonds. The van der Waals surface area contributed by atoms with Gasteiger partial charge < -0.3 is 14.8 Å². The molecule has 0 unspecified atom stereocenters. The highest BCUT2D eigenvalue weighted by Gasteiger charge is 2.35. The van der Waals surface area contributed by atoms with E-state index < -0.39 is 11.9 Å². The van der Waals surface area contributed by atoms with E-state index in [0.717, 1.165) is 33.6 Å². The van der Waals surface area contributed by atoms with Crippen molar-refractivity contribution in [2.75, 3.05) is 18.5 Å². The van der Waals surface area contributed by atoms with Gasteiger partial charge in [0, 0.05) is 16.8 Å². The van der Waals surface area contributed by atoms with E-state index in [1.54, 1.807) is 26.0 Å². The van der Waals surface area contributed by atoms with Crippen LogP contribution < -0.4 is 5.32 Å². The van der Waals surface area contributed by atoms with Crippen molar-refractivity contribution in [3.8, 4) is 44.5 Å². The minimum absolute atomic E-state index is 0.0774. The van der Waals surface area contributed by atoms with Crippen molar-refractivity contribution < 1.29 is 19.1 Å². The highest BCUT2D eigenvalue weighted by atomic mass is 16.5. The van der Waals surface area contributed by atoms with Crippen molar-refractivity contribution >= 4 is 23.3 Å². The van der Waals surface area contributed by atoms with Gasteiger partial charge in [0.25, 0.3) is 0 Å². The second-order valence-corrected chi connectivity index (χ2v) is 12.9. The SMILES string of the molecule is CCOC(=O)c1cc(-c2ccccc2-c2ccc(Nc3ccc4c(c3)C(C)(C)c3ccccc3-4)cc2)c(C(=O)OCC)cc1-c1ccccc1. The molecule has 1 aliphatic rings. The van der Waals surface area contributed by atoms with Crippen LogP contribution in [-0.4, -0.2) is 25.2 Å². The zero-order valence-corrected chi connectivity index (χ0v) is 28.7. The van der Waals surface area contributed by atoms with Gasteiger partial charge in [-0.1, -0.05) is 111 Å². The van der Waals surface area contributed by atoms with E-state index in [-0.39, 0.29) is 18.6 Å². The highest BCUT2D eigenvalue weighted by Crippen LogP contribution is 2.49. The van der Waals surface area contributed by atoms with Gasteiger partial charge in [-0.25, -0.2) is 9.59 Å². The van der Waals surface area contributed by atoms with Crippen molar-refractivity contribution in [2.45, 2.75) is 33.1 Å². The first kappa shape index (κ1) is 32.6. The maximum Gasteiger partial charge on any atom is 0.338 e. The lowest BCUT2D eigenvalue weighted by Crippen LogP contribution is -2.15. The fourth-order valence-corrected chi connectivity index (χ4v) is 7.09. The number of carbonyl (C=O) groups excluding carboxylic acids is 2. The lowest BCUT2D eigenvalue weighted by molar-refractivity contribution is 0.0513. The summed E-state index contributed by atoms with van der Waals surface area (Å²) in [6.45, 7) is 8.60. The molecule has 50 heavy (non-hydrogen) atoms. The lowest BCUT2D eigenvalue weighted by Gasteiger charge is -2.22. The maximum atomic E-state index is 13.5. The van der Waals surface area contributed by atoms with Crippen molar-refractivity contribution in [3.63, 3.8) is 0 Å². The van der Waals surface area contributed by atoms with E-state index in [4.69, 9.17) is 9.47 Å². The molecule has 248 valence electrons. The van der Waals surface area contributed by atoms with Crippen LogP contribution in [-0.2, 0) is 14.9 Å². The molecule has 1 N–H and O–H groups in total. The van der Waals surface area contributed by atoms with Crippen LogP contribution in [0.2, 0.25) is 0 Å². The summed E-state index contributed by atoms with van der Waals surface area (Å²) in [5.74, 6) is -0.903. The van der Waals surface area contributed by atoms with Gasteiger partial charge in [-0.15, -0.1) is 0 Å². The Kier molecular flexibility index (Phi) is 8.82. The first-order valence-electron chi connectivity index (χ1n) is 17.1. The molecular weight excluding hydrogens is 618 g/mol. The standard InChI is InChI=1S/C45H39NO4/c1-5-49-43(47)39-28-38(40(44(48)50-6-2)27-37(39)29-14-8-7-9-15-29)34-17-11-10-16-33(34)30-20-22-31(23-21-30)46-32-24-25-36-35-18-12-13-19-41(35)45(3,4)42(36)26-32/h7-28,46H,5-6H2,1-4H3. The number of hydrogen-bond donors (Lipinski definition) is 1. The Balaban J connectivity index is 1.26. The Bertz CT molecular complexity index is 2220. The summed E-state index contributed by atoms with van der Waals surface area (Å²) in [7, 11) is 0. The van der Waals surface area contributed by atoms with Gasteiger partial charge in [-0.2, -0.15) is 0 Å². The van der Waals surface area contributed by atoms with Crippen LogP contribution in [0.1, 0.15) is 59.5 Å². The quantitative estimate of drug-likeness (QED) is 0.157. The molecule has 0 fully saturated rings. The number of esters is 2. The average molecular weight is 658 g/mol. The van der Waals surface area contributed by atoms with Crippen LogP contribution in [0.25, 0.3) is 44.5 Å². The summed E-state index contributed by atoms with van der Waals surface area (Å²) in [6.07, 6.45) is 0. The molecule has 0 heterocycles. The van der Waals surface area contributed by atoms with E-state index in [9.17, 15) is 9.59 Å². The van der Waals surface area contributed by atoms with Gasteiger partial charge in [0.2, 0.25) is 0 Å². The number of ether oxygens (including phenoxy) is 2. The number of anilines is 2. The Labute approximate surface area is 293 Å². The zero-order chi connectivity index (χ0) is 34.8. The third kappa shape index (κ3) is 5.96. The van der Waals surface area contributed by atoms with Gasteiger partial charge in [-0.05, 0) is 106 Å². The van der Waals surface area contributed by atoms with Crippen molar-refractivity contribution in [2.24, 2.45) is 0 Å². The molecule has 7 rings (SSSR count). The summed E-state index contributed by atoms with van der Waals surface area (Å²) in [5.41, 5.74) is 12.7. The van der Waals surface area contributed by atoms with Crippen LogP contribution in [0.5, 0.6) is 0 Å². The van der Waals surface area contributed by atoms with Gasteiger partial charge >= 0.3 is 11.9 Å². The molecule has 0 aliphatic heterocycles.